The first-order chi connectivity index (χ1) is 28.3. The van der Waals surface area contributed by atoms with Gasteiger partial charge in [-0.05, 0) is 70.6 Å². The molecule has 8 atom stereocenters. The molecule has 0 bridgehead atoms. The highest BCUT2D eigenvalue weighted by molar-refractivity contribution is 5.80. The number of allylic oxidation sites excluding steroid dienone is 7. The number of rotatable bonds is 38. The van der Waals surface area contributed by atoms with Gasteiger partial charge in [0.15, 0.2) is 6.29 Å². The number of amides is 1. The summed E-state index contributed by atoms with van der Waals surface area (Å²) in [5, 5.41) is 64.6. The van der Waals surface area contributed by atoms with Gasteiger partial charge in [0.05, 0.1) is 25.4 Å². The van der Waals surface area contributed by atoms with Gasteiger partial charge < -0.3 is 45.4 Å². The molecule has 0 aromatic heterocycles. The second kappa shape index (κ2) is 38.1. The summed E-state index contributed by atoms with van der Waals surface area (Å²) in [4.78, 5) is 13.0. The second-order valence-corrected chi connectivity index (χ2v) is 16.3. The maximum absolute atomic E-state index is 13.0. The highest BCUT2D eigenvalue weighted by Gasteiger charge is 2.44. The summed E-state index contributed by atoms with van der Waals surface area (Å²) in [6.07, 6.45) is 37.7. The fraction of sp³-hybridized carbons (Fsp3) is 0.812. The number of carbonyl (C=O) groups excluding carboxylic acids is 1. The Labute approximate surface area is 353 Å². The Bertz CT molecular complexity index is 1060. The van der Waals surface area contributed by atoms with Crippen LogP contribution >= 0.6 is 0 Å². The first-order valence-electron chi connectivity index (χ1n) is 23.5. The normalized spacial score (nSPS) is 21.8. The minimum Gasteiger partial charge on any atom is -0.394 e. The second-order valence-electron chi connectivity index (χ2n) is 16.3. The Morgan fingerprint density at radius 2 is 1.02 bits per heavy atom. The molecule has 58 heavy (non-hydrogen) atoms. The molecule has 0 aromatic rings. The van der Waals surface area contributed by atoms with Gasteiger partial charge in [0.25, 0.3) is 0 Å². The van der Waals surface area contributed by atoms with Crippen LogP contribution < -0.4 is 5.32 Å². The molecule has 1 rings (SSSR count). The van der Waals surface area contributed by atoms with E-state index in [1.165, 1.54) is 103 Å². The number of hydrogen-bond donors (Lipinski definition) is 7. The van der Waals surface area contributed by atoms with Crippen molar-refractivity contribution in [2.45, 2.75) is 236 Å². The minimum atomic E-state index is -1.62. The van der Waals surface area contributed by atoms with Crippen LogP contribution in [-0.4, -0.2) is 98.7 Å². The molecule has 1 heterocycles. The van der Waals surface area contributed by atoms with Gasteiger partial charge in [0, 0.05) is 0 Å². The van der Waals surface area contributed by atoms with E-state index in [2.05, 4.69) is 55.6 Å². The predicted octanol–water partition coefficient (Wildman–Crippen LogP) is 8.81. The van der Waals surface area contributed by atoms with Crippen molar-refractivity contribution >= 4 is 5.91 Å². The number of unbranched alkanes of at least 4 members (excludes halogenated alkanes) is 21. The van der Waals surface area contributed by atoms with Gasteiger partial charge in [0.1, 0.15) is 30.5 Å². The molecular formula is C48H87NO9. The first kappa shape index (κ1) is 54.1. The summed E-state index contributed by atoms with van der Waals surface area (Å²) in [5.74, 6) is -0.637. The molecule has 1 fully saturated rings. The van der Waals surface area contributed by atoms with E-state index in [4.69, 9.17) is 9.47 Å². The molecule has 0 radical (unpaired) electrons. The van der Waals surface area contributed by atoms with Gasteiger partial charge in [-0.3, -0.25) is 4.79 Å². The third-order valence-electron chi connectivity index (χ3n) is 11.0. The van der Waals surface area contributed by atoms with Crippen molar-refractivity contribution in [2.75, 3.05) is 13.2 Å². The summed E-state index contributed by atoms with van der Waals surface area (Å²) in [7, 11) is 0. The van der Waals surface area contributed by atoms with Crippen molar-refractivity contribution in [1.29, 1.82) is 0 Å². The van der Waals surface area contributed by atoms with Gasteiger partial charge in [-0.15, -0.1) is 0 Å². The van der Waals surface area contributed by atoms with Gasteiger partial charge in [0.2, 0.25) is 5.91 Å². The largest absolute Gasteiger partial charge is 0.394 e. The zero-order valence-corrected chi connectivity index (χ0v) is 36.7. The van der Waals surface area contributed by atoms with Crippen LogP contribution in [0.1, 0.15) is 187 Å². The fourth-order valence-corrected chi connectivity index (χ4v) is 7.07. The number of nitrogens with one attached hydrogen (secondary N) is 1. The van der Waals surface area contributed by atoms with Gasteiger partial charge >= 0.3 is 0 Å². The molecular weight excluding hydrogens is 735 g/mol. The first-order valence-corrected chi connectivity index (χ1v) is 23.5. The standard InChI is InChI=1S/C48H87NO9/c1-3-5-7-9-11-13-15-17-18-19-20-21-22-23-25-27-29-31-33-35-37-42(52)47(56)49-40(39-57-48-46(55)45(54)44(53)43(38-50)58-48)41(51)36-34-32-30-28-26-24-16-14-12-10-8-6-4-2/h12,14,21-22,26,28,34,36,40-46,48,50-55H,3-11,13,15-20,23-25,27,29-33,35,37-39H2,1-2H3,(H,49,56)/b14-12+,22-21-,28-26+,36-34+. The Morgan fingerprint density at radius 3 is 1.53 bits per heavy atom. The van der Waals surface area contributed by atoms with Crippen LogP contribution in [0, 0.1) is 0 Å². The van der Waals surface area contributed by atoms with Crippen molar-refractivity contribution in [1.82, 2.24) is 5.32 Å². The number of aliphatic hydroxyl groups excluding tert-OH is 6. The predicted molar refractivity (Wildman–Crippen MR) is 236 cm³/mol. The molecule has 7 N–H and O–H groups in total. The lowest BCUT2D eigenvalue weighted by Crippen LogP contribution is -2.60. The zero-order valence-electron chi connectivity index (χ0n) is 36.7. The molecule has 8 unspecified atom stereocenters. The lowest BCUT2D eigenvalue weighted by Gasteiger charge is -2.40. The van der Waals surface area contributed by atoms with Crippen LogP contribution in [0.15, 0.2) is 48.6 Å². The Kier molecular flexibility index (Phi) is 35.5. The SMILES string of the molecule is CCCCC/C=C/CC/C=C/CC/C=C/C(O)C(COC1OC(CO)C(O)C(O)C1O)NC(=O)C(O)CCCCCCCC/C=C\CCCCCCCCCCCC. The molecule has 338 valence electrons. The molecule has 0 aliphatic carbocycles. The van der Waals surface area contributed by atoms with Crippen LogP contribution in [0.25, 0.3) is 0 Å². The molecule has 10 nitrogen and oxygen atoms in total. The lowest BCUT2D eigenvalue weighted by atomic mass is 9.99. The van der Waals surface area contributed by atoms with Crippen LogP contribution in [0.5, 0.6) is 0 Å². The van der Waals surface area contributed by atoms with Gasteiger partial charge in [-0.1, -0.05) is 165 Å². The fourth-order valence-electron chi connectivity index (χ4n) is 7.07. The summed E-state index contributed by atoms with van der Waals surface area (Å²) in [6.45, 7) is 3.54. The Hall–Kier alpha value is -1.89. The Morgan fingerprint density at radius 1 is 0.586 bits per heavy atom. The summed E-state index contributed by atoms with van der Waals surface area (Å²) >= 11 is 0. The summed E-state index contributed by atoms with van der Waals surface area (Å²) in [5.41, 5.74) is 0. The van der Waals surface area contributed by atoms with Crippen molar-refractivity contribution in [3.63, 3.8) is 0 Å². The quantitative estimate of drug-likeness (QED) is 0.0238. The van der Waals surface area contributed by atoms with Crippen LogP contribution in [0.4, 0.5) is 0 Å². The van der Waals surface area contributed by atoms with Gasteiger partial charge in [-0.2, -0.15) is 0 Å². The van der Waals surface area contributed by atoms with E-state index < -0.39 is 61.5 Å². The van der Waals surface area contributed by atoms with Crippen LogP contribution in [0.2, 0.25) is 0 Å². The average molecular weight is 822 g/mol. The molecule has 10 heteroatoms. The van der Waals surface area contributed by atoms with E-state index in [0.29, 0.717) is 19.3 Å². The van der Waals surface area contributed by atoms with E-state index in [0.717, 1.165) is 51.4 Å². The Balaban J connectivity index is 2.41. The maximum Gasteiger partial charge on any atom is 0.249 e. The molecule has 0 aromatic carbocycles. The highest BCUT2D eigenvalue weighted by Crippen LogP contribution is 2.22. The maximum atomic E-state index is 13.0. The zero-order chi connectivity index (χ0) is 42.5. The van der Waals surface area contributed by atoms with Crippen molar-refractivity contribution in [3.05, 3.63) is 48.6 Å². The molecule has 1 saturated heterocycles. The van der Waals surface area contributed by atoms with E-state index in [1.807, 2.05) is 6.08 Å². The van der Waals surface area contributed by atoms with Crippen LogP contribution in [0.3, 0.4) is 0 Å². The molecule has 1 aliphatic heterocycles. The third kappa shape index (κ3) is 27.8. The summed E-state index contributed by atoms with van der Waals surface area (Å²) in [6, 6.07) is -1.01. The molecule has 0 spiro atoms. The molecule has 1 aliphatic rings. The van der Waals surface area contributed by atoms with E-state index in [1.54, 1.807) is 6.08 Å². The van der Waals surface area contributed by atoms with Gasteiger partial charge in [-0.25, -0.2) is 0 Å². The monoisotopic (exact) mass is 822 g/mol. The number of carbonyl (C=O) groups is 1. The highest BCUT2D eigenvalue weighted by atomic mass is 16.7. The van der Waals surface area contributed by atoms with E-state index in [9.17, 15) is 35.4 Å². The summed E-state index contributed by atoms with van der Waals surface area (Å²) < 4.78 is 11.1. The van der Waals surface area contributed by atoms with Crippen molar-refractivity contribution in [2.24, 2.45) is 0 Å². The topological polar surface area (TPSA) is 169 Å². The average Bonchev–Trinajstić information content (AvgIpc) is 3.22. The van der Waals surface area contributed by atoms with E-state index in [-0.39, 0.29) is 6.61 Å². The van der Waals surface area contributed by atoms with E-state index >= 15 is 0 Å². The van der Waals surface area contributed by atoms with Crippen molar-refractivity contribution < 1.29 is 44.9 Å². The molecule has 1 amide bonds. The van der Waals surface area contributed by atoms with Crippen LogP contribution in [-0.2, 0) is 14.3 Å². The molecule has 0 saturated carbocycles. The third-order valence-corrected chi connectivity index (χ3v) is 11.0. The minimum absolute atomic E-state index is 0.292. The number of aliphatic hydroxyl groups is 6. The lowest BCUT2D eigenvalue weighted by molar-refractivity contribution is -0.302. The number of hydrogen-bond acceptors (Lipinski definition) is 9. The number of ether oxygens (including phenoxy) is 2. The smallest absolute Gasteiger partial charge is 0.249 e. The van der Waals surface area contributed by atoms with Crippen molar-refractivity contribution in [3.8, 4) is 0 Å².